The number of hydrogen-bond acceptors (Lipinski definition) is 3. The molecule has 0 amide bonds. The van der Waals surface area contributed by atoms with E-state index in [-0.39, 0.29) is 0 Å². The lowest BCUT2D eigenvalue weighted by molar-refractivity contribution is 0.481. The summed E-state index contributed by atoms with van der Waals surface area (Å²) in [6.07, 6.45) is 7.31. The van der Waals surface area contributed by atoms with Crippen LogP contribution in [0.4, 0.5) is 5.82 Å². The zero-order valence-corrected chi connectivity index (χ0v) is 9.53. The van der Waals surface area contributed by atoms with Gasteiger partial charge in [-0.3, -0.25) is 0 Å². The van der Waals surface area contributed by atoms with Crippen LogP contribution >= 0.6 is 0 Å². The van der Waals surface area contributed by atoms with Crippen LogP contribution in [0.3, 0.4) is 0 Å². The van der Waals surface area contributed by atoms with E-state index < -0.39 is 0 Å². The molecule has 15 heavy (non-hydrogen) atoms. The van der Waals surface area contributed by atoms with E-state index in [1.54, 1.807) is 0 Å². The van der Waals surface area contributed by atoms with Crippen LogP contribution in [-0.4, -0.2) is 16.0 Å². The summed E-state index contributed by atoms with van der Waals surface area (Å²) >= 11 is 0. The van der Waals surface area contributed by atoms with E-state index in [4.69, 9.17) is 0 Å². The maximum Gasteiger partial charge on any atom is 0.129 e. The molecule has 0 aromatic carbocycles. The van der Waals surface area contributed by atoms with Crippen molar-refractivity contribution in [1.29, 1.82) is 0 Å². The molecule has 3 nitrogen and oxygen atoms in total. The third-order valence-electron chi connectivity index (χ3n) is 3.26. The maximum atomic E-state index is 4.36. The predicted octanol–water partition coefficient (Wildman–Crippen LogP) is 2.78. The molecule has 1 atom stereocenters. The Bertz CT molecular complexity index is 318. The fraction of sp³-hybridized carbons (Fsp3) is 0.667. The predicted molar refractivity (Wildman–Crippen MR) is 61.8 cm³/mol. The van der Waals surface area contributed by atoms with E-state index in [1.807, 2.05) is 19.2 Å². The lowest BCUT2D eigenvalue weighted by Crippen LogP contribution is -2.24. The minimum absolute atomic E-state index is 0.529. The van der Waals surface area contributed by atoms with Crippen LogP contribution in [0, 0.1) is 12.8 Å². The first-order valence-corrected chi connectivity index (χ1v) is 5.82. The molecular formula is C12H19N3. The fourth-order valence-corrected chi connectivity index (χ4v) is 2.35. The molecule has 0 aliphatic heterocycles. The van der Waals surface area contributed by atoms with Gasteiger partial charge in [0.05, 0.1) is 0 Å². The van der Waals surface area contributed by atoms with Gasteiger partial charge >= 0.3 is 0 Å². The van der Waals surface area contributed by atoms with Crippen LogP contribution in [0.15, 0.2) is 12.3 Å². The number of nitrogens with zero attached hydrogens (tertiary/aromatic N) is 2. The van der Waals surface area contributed by atoms with Gasteiger partial charge in [0.15, 0.2) is 0 Å². The van der Waals surface area contributed by atoms with Crippen LogP contribution in [0.1, 0.15) is 38.4 Å². The second-order valence-corrected chi connectivity index (χ2v) is 4.47. The SMILES string of the molecule is Cc1nccc(NC(C)C2CCCC2)n1. The van der Waals surface area contributed by atoms with Crippen molar-refractivity contribution in [2.45, 2.75) is 45.6 Å². The quantitative estimate of drug-likeness (QED) is 0.824. The van der Waals surface area contributed by atoms with Crippen LogP contribution in [0.5, 0.6) is 0 Å². The Balaban J connectivity index is 1.95. The molecule has 3 heteroatoms. The summed E-state index contributed by atoms with van der Waals surface area (Å²) in [5.74, 6) is 2.61. The highest BCUT2D eigenvalue weighted by molar-refractivity contribution is 5.34. The minimum Gasteiger partial charge on any atom is -0.367 e. The van der Waals surface area contributed by atoms with Crippen LogP contribution in [-0.2, 0) is 0 Å². The lowest BCUT2D eigenvalue weighted by Gasteiger charge is -2.20. The molecule has 1 saturated carbocycles. The summed E-state index contributed by atoms with van der Waals surface area (Å²) in [7, 11) is 0. The van der Waals surface area contributed by atoms with E-state index in [9.17, 15) is 0 Å². The number of aromatic nitrogens is 2. The number of anilines is 1. The van der Waals surface area contributed by atoms with E-state index in [1.165, 1.54) is 25.7 Å². The van der Waals surface area contributed by atoms with Crippen molar-refractivity contribution in [3.63, 3.8) is 0 Å². The zero-order chi connectivity index (χ0) is 10.7. The molecule has 0 saturated heterocycles. The number of nitrogens with one attached hydrogen (secondary N) is 1. The Morgan fingerprint density at radius 2 is 2.13 bits per heavy atom. The van der Waals surface area contributed by atoms with E-state index in [0.717, 1.165) is 17.6 Å². The number of rotatable bonds is 3. The smallest absolute Gasteiger partial charge is 0.129 e. The van der Waals surface area contributed by atoms with E-state index in [0.29, 0.717) is 6.04 Å². The summed E-state index contributed by atoms with van der Waals surface area (Å²) in [4.78, 5) is 8.46. The van der Waals surface area contributed by atoms with Gasteiger partial charge in [0.25, 0.3) is 0 Å². The third kappa shape index (κ3) is 2.67. The molecule has 1 aromatic heterocycles. The van der Waals surface area contributed by atoms with Crippen molar-refractivity contribution in [1.82, 2.24) is 9.97 Å². The topological polar surface area (TPSA) is 37.8 Å². The van der Waals surface area contributed by atoms with Gasteiger partial charge in [0.2, 0.25) is 0 Å². The maximum absolute atomic E-state index is 4.36. The monoisotopic (exact) mass is 205 g/mol. The average molecular weight is 205 g/mol. The first-order valence-electron chi connectivity index (χ1n) is 5.82. The van der Waals surface area contributed by atoms with Gasteiger partial charge in [-0.25, -0.2) is 9.97 Å². The molecule has 0 spiro atoms. The Morgan fingerprint density at radius 1 is 1.40 bits per heavy atom. The highest BCUT2D eigenvalue weighted by atomic mass is 15.0. The van der Waals surface area contributed by atoms with E-state index >= 15 is 0 Å². The Morgan fingerprint density at radius 3 is 2.80 bits per heavy atom. The van der Waals surface area contributed by atoms with Gasteiger partial charge in [0.1, 0.15) is 11.6 Å². The van der Waals surface area contributed by atoms with Crippen molar-refractivity contribution in [2.24, 2.45) is 5.92 Å². The van der Waals surface area contributed by atoms with Crippen molar-refractivity contribution < 1.29 is 0 Å². The first-order chi connectivity index (χ1) is 7.25. The second kappa shape index (κ2) is 4.60. The van der Waals surface area contributed by atoms with Gasteiger partial charge in [-0.2, -0.15) is 0 Å². The Kier molecular flexibility index (Phi) is 3.19. The Labute approximate surface area is 91.3 Å². The van der Waals surface area contributed by atoms with Gasteiger partial charge in [0, 0.05) is 12.2 Å². The Hall–Kier alpha value is -1.12. The number of aryl methyl sites for hydroxylation is 1. The summed E-state index contributed by atoms with van der Waals surface area (Å²) < 4.78 is 0. The molecule has 82 valence electrons. The number of hydrogen-bond donors (Lipinski definition) is 1. The molecule has 1 unspecified atom stereocenters. The first kappa shape index (κ1) is 10.4. The molecule has 0 bridgehead atoms. The second-order valence-electron chi connectivity index (χ2n) is 4.47. The molecule has 1 aliphatic rings. The van der Waals surface area contributed by atoms with Gasteiger partial charge < -0.3 is 5.32 Å². The van der Waals surface area contributed by atoms with Crippen molar-refractivity contribution in [3.05, 3.63) is 18.1 Å². The summed E-state index contributed by atoms with van der Waals surface area (Å²) in [5, 5.41) is 3.47. The molecule has 0 radical (unpaired) electrons. The molecule has 1 N–H and O–H groups in total. The van der Waals surface area contributed by atoms with Crippen molar-refractivity contribution in [2.75, 3.05) is 5.32 Å². The van der Waals surface area contributed by atoms with Gasteiger partial charge in [-0.05, 0) is 38.7 Å². The zero-order valence-electron chi connectivity index (χ0n) is 9.53. The van der Waals surface area contributed by atoms with Gasteiger partial charge in [-0.15, -0.1) is 0 Å². The van der Waals surface area contributed by atoms with Crippen molar-refractivity contribution >= 4 is 5.82 Å². The molecule has 2 rings (SSSR count). The highest BCUT2D eigenvalue weighted by Crippen LogP contribution is 2.28. The van der Waals surface area contributed by atoms with Crippen molar-refractivity contribution in [3.8, 4) is 0 Å². The highest BCUT2D eigenvalue weighted by Gasteiger charge is 2.21. The molecule has 1 heterocycles. The molecular weight excluding hydrogens is 186 g/mol. The normalized spacial score (nSPS) is 19.1. The lowest BCUT2D eigenvalue weighted by atomic mass is 10.00. The summed E-state index contributed by atoms with van der Waals surface area (Å²) in [5.41, 5.74) is 0. The van der Waals surface area contributed by atoms with Crippen LogP contribution < -0.4 is 5.32 Å². The van der Waals surface area contributed by atoms with Crippen LogP contribution in [0.25, 0.3) is 0 Å². The standard InChI is InChI=1S/C12H19N3/c1-9(11-5-3-4-6-11)14-12-7-8-13-10(2)15-12/h7-9,11H,3-6H2,1-2H3,(H,13,14,15). The molecule has 1 fully saturated rings. The largest absolute Gasteiger partial charge is 0.367 e. The third-order valence-corrected chi connectivity index (χ3v) is 3.26. The summed E-state index contributed by atoms with van der Waals surface area (Å²) in [6.45, 7) is 4.18. The average Bonchev–Trinajstić information content (AvgIpc) is 2.70. The fourth-order valence-electron chi connectivity index (χ4n) is 2.35. The minimum atomic E-state index is 0.529. The molecule has 1 aromatic rings. The van der Waals surface area contributed by atoms with Crippen LogP contribution in [0.2, 0.25) is 0 Å². The van der Waals surface area contributed by atoms with E-state index in [2.05, 4.69) is 22.2 Å². The summed E-state index contributed by atoms with van der Waals surface area (Å²) in [6, 6.07) is 2.47. The van der Waals surface area contributed by atoms with Gasteiger partial charge in [-0.1, -0.05) is 12.8 Å². The molecule has 1 aliphatic carbocycles.